The molecule has 0 saturated heterocycles. The molecule has 0 radical (unpaired) electrons. The van der Waals surface area contributed by atoms with E-state index in [-0.39, 0.29) is 24.0 Å². The number of thiazole rings is 1. The fourth-order valence-electron chi connectivity index (χ4n) is 2.62. The number of imidazole rings is 1. The maximum absolute atomic E-state index is 4.65. The fourth-order valence-corrected chi connectivity index (χ4v) is 3.26. The lowest BCUT2D eigenvalue weighted by Gasteiger charge is -2.11. The lowest BCUT2D eigenvalue weighted by molar-refractivity contribution is 0.789. The molecule has 3 heterocycles. The molecule has 2 N–H and O–H groups in total. The van der Waals surface area contributed by atoms with Gasteiger partial charge < -0.3 is 10.6 Å². The molecular weight excluding hydrogens is 485 g/mol. The zero-order valence-electron chi connectivity index (χ0n) is 16.3. The predicted molar refractivity (Wildman–Crippen MR) is 125 cm³/mol. The molecule has 0 amide bonds. The van der Waals surface area contributed by atoms with Crippen molar-refractivity contribution in [3.8, 4) is 5.82 Å². The Balaban J connectivity index is 0.00000280. The summed E-state index contributed by atoms with van der Waals surface area (Å²) in [7, 11) is 0. The number of aryl methyl sites for hydroxylation is 2. The van der Waals surface area contributed by atoms with E-state index in [1.54, 1.807) is 17.5 Å². The number of rotatable bonds is 7. The Bertz CT molecular complexity index is 886. The minimum absolute atomic E-state index is 0. The first-order valence-electron chi connectivity index (χ1n) is 9.04. The highest BCUT2D eigenvalue weighted by Crippen LogP contribution is 2.09. The Morgan fingerprint density at radius 2 is 2.07 bits per heavy atom. The molecule has 3 aromatic rings. The van der Waals surface area contributed by atoms with Crippen molar-refractivity contribution in [1.82, 2.24) is 30.2 Å². The van der Waals surface area contributed by atoms with Gasteiger partial charge in [-0.25, -0.2) is 19.9 Å². The minimum Gasteiger partial charge on any atom is -0.357 e. The molecule has 0 fully saturated rings. The molecule has 0 unspecified atom stereocenters. The first-order valence-corrected chi connectivity index (χ1v) is 9.92. The van der Waals surface area contributed by atoms with Gasteiger partial charge in [0.25, 0.3) is 0 Å². The number of aromatic nitrogens is 4. The summed E-state index contributed by atoms with van der Waals surface area (Å²) in [5.41, 5.74) is 2.18. The Hall–Kier alpha value is -2.01. The number of hydrogen-bond donors (Lipinski definition) is 2. The van der Waals surface area contributed by atoms with Crippen molar-refractivity contribution in [1.29, 1.82) is 0 Å². The smallest absolute Gasteiger partial charge is 0.191 e. The Labute approximate surface area is 186 Å². The van der Waals surface area contributed by atoms with Crippen LogP contribution in [0, 0.1) is 13.8 Å². The van der Waals surface area contributed by atoms with Gasteiger partial charge in [-0.1, -0.05) is 6.07 Å². The van der Waals surface area contributed by atoms with Crippen LogP contribution < -0.4 is 10.6 Å². The number of halogens is 1. The van der Waals surface area contributed by atoms with E-state index in [2.05, 4.69) is 42.9 Å². The van der Waals surface area contributed by atoms with Crippen molar-refractivity contribution in [2.75, 3.05) is 13.1 Å². The molecule has 0 aliphatic carbocycles. The van der Waals surface area contributed by atoms with E-state index in [9.17, 15) is 0 Å². The number of nitrogens with zero attached hydrogens (tertiary/aromatic N) is 5. The normalized spacial score (nSPS) is 11.2. The highest BCUT2D eigenvalue weighted by atomic mass is 127. The van der Waals surface area contributed by atoms with E-state index in [4.69, 9.17) is 0 Å². The average molecular weight is 511 g/mol. The molecule has 0 bridgehead atoms. The highest BCUT2D eigenvalue weighted by molar-refractivity contribution is 14.0. The van der Waals surface area contributed by atoms with Crippen molar-refractivity contribution in [2.45, 2.75) is 33.7 Å². The Morgan fingerprint density at radius 1 is 1.21 bits per heavy atom. The van der Waals surface area contributed by atoms with E-state index in [1.807, 2.05) is 42.9 Å². The second-order valence-electron chi connectivity index (χ2n) is 6.10. The fraction of sp³-hybridized carbons (Fsp3) is 0.368. The van der Waals surface area contributed by atoms with Crippen molar-refractivity contribution < 1.29 is 0 Å². The highest BCUT2D eigenvalue weighted by Gasteiger charge is 2.03. The summed E-state index contributed by atoms with van der Waals surface area (Å²) in [5.74, 6) is 2.59. The maximum atomic E-state index is 4.65. The average Bonchev–Trinajstić information content (AvgIpc) is 3.28. The van der Waals surface area contributed by atoms with Crippen molar-refractivity contribution in [3.05, 3.63) is 58.2 Å². The van der Waals surface area contributed by atoms with Crippen LogP contribution in [0.5, 0.6) is 0 Å². The van der Waals surface area contributed by atoms with Crippen LogP contribution in [0.1, 0.15) is 29.0 Å². The van der Waals surface area contributed by atoms with Gasteiger partial charge in [-0.2, -0.15) is 0 Å². The third-order valence-corrected chi connectivity index (χ3v) is 4.81. The van der Waals surface area contributed by atoms with E-state index < -0.39 is 0 Å². The lowest BCUT2D eigenvalue weighted by atomic mass is 10.3. The molecule has 0 aliphatic heterocycles. The quantitative estimate of drug-likeness (QED) is 0.289. The van der Waals surface area contributed by atoms with Gasteiger partial charge in [-0.3, -0.25) is 4.57 Å². The summed E-state index contributed by atoms with van der Waals surface area (Å²) in [6.45, 7) is 8.23. The van der Waals surface area contributed by atoms with Gasteiger partial charge >= 0.3 is 0 Å². The molecule has 0 aromatic carbocycles. The summed E-state index contributed by atoms with van der Waals surface area (Å²) >= 11 is 1.68. The van der Waals surface area contributed by atoms with Crippen LogP contribution in [0.2, 0.25) is 0 Å². The molecule has 28 heavy (non-hydrogen) atoms. The Kier molecular flexibility index (Phi) is 8.84. The summed E-state index contributed by atoms with van der Waals surface area (Å²) in [6.07, 6.45) is 6.43. The van der Waals surface area contributed by atoms with E-state index in [0.717, 1.165) is 53.4 Å². The first-order chi connectivity index (χ1) is 13.2. The third-order valence-electron chi connectivity index (χ3n) is 3.99. The van der Waals surface area contributed by atoms with Crippen LogP contribution in [0.25, 0.3) is 5.82 Å². The van der Waals surface area contributed by atoms with Crippen molar-refractivity contribution >= 4 is 41.3 Å². The standard InChI is InChI=1S/C19H25N7S.HI/c1-4-20-19(22-8-7-17-13-27-15(3)25-17)24-12-16-5-6-18(23-11-16)26-10-9-21-14(26)2;/h5-6,9-11,13H,4,7-8,12H2,1-3H3,(H2,20,22,24);1H. The van der Waals surface area contributed by atoms with Crippen molar-refractivity contribution in [3.63, 3.8) is 0 Å². The second kappa shape index (κ2) is 11.1. The van der Waals surface area contributed by atoms with Crippen LogP contribution >= 0.6 is 35.3 Å². The molecule has 9 heteroatoms. The van der Waals surface area contributed by atoms with E-state index >= 15 is 0 Å². The summed E-state index contributed by atoms with van der Waals surface area (Å²) in [5, 5.41) is 9.85. The van der Waals surface area contributed by atoms with Gasteiger partial charge in [0, 0.05) is 43.5 Å². The largest absolute Gasteiger partial charge is 0.357 e. The van der Waals surface area contributed by atoms with E-state index in [1.165, 1.54) is 0 Å². The SMILES string of the molecule is CCNC(=NCc1ccc(-n2ccnc2C)nc1)NCCc1csc(C)n1.I. The molecule has 0 aliphatic rings. The number of guanidine groups is 1. The monoisotopic (exact) mass is 511 g/mol. The molecule has 150 valence electrons. The van der Waals surface area contributed by atoms with Crippen LogP contribution in [0.15, 0.2) is 41.1 Å². The van der Waals surface area contributed by atoms with Crippen LogP contribution in [-0.2, 0) is 13.0 Å². The number of pyridine rings is 1. The van der Waals surface area contributed by atoms with E-state index in [0.29, 0.717) is 6.54 Å². The van der Waals surface area contributed by atoms with Gasteiger partial charge in [0.1, 0.15) is 11.6 Å². The van der Waals surface area contributed by atoms with Crippen LogP contribution in [-0.4, -0.2) is 38.6 Å². The summed E-state index contributed by atoms with van der Waals surface area (Å²) in [4.78, 5) is 17.9. The van der Waals surface area contributed by atoms with Gasteiger partial charge in [0.05, 0.1) is 17.2 Å². The topological polar surface area (TPSA) is 80.0 Å². The second-order valence-corrected chi connectivity index (χ2v) is 7.16. The van der Waals surface area contributed by atoms with Crippen LogP contribution in [0.4, 0.5) is 0 Å². The minimum atomic E-state index is 0. The molecule has 3 aromatic heterocycles. The maximum Gasteiger partial charge on any atom is 0.191 e. The van der Waals surface area contributed by atoms with Gasteiger partial charge in [0.15, 0.2) is 5.96 Å². The zero-order chi connectivity index (χ0) is 19.1. The number of nitrogens with one attached hydrogen (secondary N) is 2. The number of hydrogen-bond acceptors (Lipinski definition) is 5. The third kappa shape index (κ3) is 6.26. The predicted octanol–water partition coefficient (Wildman–Crippen LogP) is 3.26. The van der Waals surface area contributed by atoms with Gasteiger partial charge in [0.2, 0.25) is 0 Å². The molecule has 7 nitrogen and oxygen atoms in total. The zero-order valence-corrected chi connectivity index (χ0v) is 19.5. The van der Waals surface area contributed by atoms with Gasteiger partial charge in [-0.15, -0.1) is 35.3 Å². The number of aliphatic imine (C=N–C) groups is 1. The lowest BCUT2D eigenvalue weighted by Crippen LogP contribution is -2.38. The van der Waals surface area contributed by atoms with Crippen LogP contribution in [0.3, 0.4) is 0 Å². The molecule has 0 saturated carbocycles. The molecule has 0 atom stereocenters. The molecule has 3 rings (SSSR count). The summed E-state index contributed by atoms with van der Waals surface area (Å²) in [6, 6.07) is 4.04. The van der Waals surface area contributed by atoms with Gasteiger partial charge in [-0.05, 0) is 32.4 Å². The molecule has 0 spiro atoms. The Morgan fingerprint density at radius 3 is 2.68 bits per heavy atom. The first kappa shape index (κ1) is 22.3. The van der Waals surface area contributed by atoms with Crippen molar-refractivity contribution in [2.24, 2.45) is 4.99 Å². The molecular formula is C19H26IN7S. The summed E-state index contributed by atoms with van der Waals surface area (Å²) < 4.78 is 1.96.